The zero-order valence-electron chi connectivity index (χ0n) is 10.5. The zero-order chi connectivity index (χ0) is 13.1. The summed E-state index contributed by atoms with van der Waals surface area (Å²) in [6.45, 7) is 1.93. The number of nitrogens with two attached hydrogens (primary N) is 1. The molecular weight excluding hydrogens is 228 g/mol. The Morgan fingerprint density at radius 2 is 2.17 bits per heavy atom. The van der Waals surface area contributed by atoms with E-state index < -0.39 is 12.0 Å². The van der Waals surface area contributed by atoms with E-state index in [4.69, 9.17) is 5.73 Å². The van der Waals surface area contributed by atoms with Gasteiger partial charge in [-0.05, 0) is 31.0 Å². The Morgan fingerprint density at radius 3 is 2.89 bits per heavy atom. The van der Waals surface area contributed by atoms with Crippen molar-refractivity contribution < 1.29 is 9.53 Å². The van der Waals surface area contributed by atoms with Crippen molar-refractivity contribution in [3.8, 4) is 0 Å². The molecule has 0 fully saturated rings. The number of hydrogen-bond acceptors (Lipinski definition) is 4. The predicted molar refractivity (Wildman–Crippen MR) is 70.2 cm³/mol. The second kappa shape index (κ2) is 5.14. The first-order valence-electron chi connectivity index (χ1n) is 5.80. The van der Waals surface area contributed by atoms with E-state index in [0.29, 0.717) is 6.42 Å². The lowest BCUT2D eigenvalue weighted by Crippen LogP contribution is -2.33. The highest BCUT2D eigenvalue weighted by Crippen LogP contribution is 2.19. The lowest BCUT2D eigenvalue weighted by Gasteiger charge is -2.12. The van der Waals surface area contributed by atoms with Gasteiger partial charge in [-0.15, -0.1) is 0 Å². The van der Waals surface area contributed by atoms with Gasteiger partial charge >= 0.3 is 5.97 Å². The molecule has 1 heterocycles. The van der Waals surface area contributed by atoms with Gasteiger partial charge in [-0.2, -0.15) is 0 Å². The van der Waals surface area contributed by atoms with Crippen LogP contribution < -0.4 is 5.73 Å². The van der Waals surface area contributed by atoms with Crippen molar-refractivity contribution >= 4 is 16.9 Å². The van der Waals surface area contributed by atoms with Crippen molar-refractivity contribution in [2.45, 2.75) is 19.4 Å². The molecule has 0 aliphatic heterocycles. The van der Waals surface area contributed by atoms with Gasteiger partial charge in [0.25, 0.3) is 0 Å². The molecule has 2 N–H and O–H groups in total. The van der Waals surface area contributed by atoms with E-state index in [9.17, 15) is 4.79 Å². The highest BCUT2D eigenvalue weighted by Gasteiger charge is 2.16. The minimum absolute atomic E-state index is 0.395. The summed E-state index contributed by atoms with van der Waals surface area (Å²) in [6, 6.07) is 9.16. The van der Waals surface area contributed by atoms with Crippen LogP contribution in [0.3, 0.4) is 0 Å². The molecule has 4 nitrogen and oxygen atoms in total. The lowest BCUT2D eigenvalue weighted by atomic mass is 10.0. The summed E-state index contributed by atoms with van der Waals surface area (Å²) < 4.78 is 4.65. The summed E-state index contributed by atoms with van der Waals surface area (Å²) in [5.41, 5.74) is 8.67. The van der Waals surface area contributed by atoms with E-state index in [1.54, 1.807) is 0 Å². The van der Waals surface area contributed by atoms with Crippen molar-refractivity contribution in [2.75, 3.05) is 7.11 Å². The van der Waals surface area contributed by atoms with Crippen LogP contribution in [0.15, 0.2) is 30.3 Å². The number of fused-ring (bicyclic) bond motifs is 1. The third kappa shape index (κ3) is 2.49. The number of esters is 1. The van der Waals surface area contributed by atoms with E-state index in [1.165, 1.54) is 7.11 Å². The van der Waals surface area contributed by atoms with Gasteiger partial charge in [0.15, 0.2) is 0 Å². The molecule has 0 spiro atoms. The number of nitrogens with zero attached hydrogens (tertiary/aromatic N) is 1. The zero-order valence-corrected chi connectivity index (χ0v) is 10.5. The smallest absolute Gasteiger partial charge is 0.322 e. The Balaban J connectivity index is 2.41. The van der Waals surface area contributed by atoms with Crippen LogP contribution in [-0.2, 0) is 16.0 Å². The first-order chi connectivity index (χ1) is 8.61. The van der Waals surface area contributed by atoms with Gasteiger partial charge in [-0.3, -0.25) is 9.78 Å². The quantitative estimate of drug-likeness (QED) is 0.833. The fraction of sp³-hybridized carbons (Fsp3) is 0.286. The van der Waals surface area contributed by atoms with Crippen molar-refractivity contribution in [1.82, 2.24) is 4.98 Å². The van der Waals surface area contributed by atoms with Crippen LogP contribution in [0.25, 0.3) is 10.9 Å². The average molecular weight is 244 g/mol. The molecule has 0 amide bonds. The Bertz CT molecular complexity index is 581. The number of ether oxygens (including phenoxy) is 1. The molecule has 0 saturated carbocycles. The third-order valence-corrected chi connectivity index (χ3v) is 2.87. The molecule has 0 bridgehead atoms. The maximum absolute atomic E-state index is 11.4. The molecule has 1 atom stereocenters. The van der Waals surface area contributed by atoms with Gasteiger partial charge in [-0.25, -0.2) is 0 Å². The SMILES string of the molecule is COC(=O)[C@@H](N)Cc1cc(C)nc2ccccc12. The van der Waals surface area contributed by atoms with Crippen LogP contribution >= 0.6 is 0 Å². The highest BCUT2D eigenvalue weighted by atomic mass is 16.5. The van der Waals surface area contributed by atoms with Crippen LogP contribution in [0.1, 0.15) is 11.3 Å². The summed E-state index contributed by atoms with van der Waals surface area (Å²) >= 11 is 0. The van der Waals surface area contributed by atoms with E-state index in [1.807, 2.05) is 37.3 Å². The fourth-order valence-corrected chi connectivity index (χ4v) is 2.04. The molecule has 1 aromatic heterocycles. The molecule has 0 unspecified atom stereocenters. The van der Waals surface area contributed by atoms with Crippen LogP contribution in [0.2, 0.25) is 0 Å². The van der Waals surface area contributed by atoms with Crippen molar-refractivity contribution in [3.05, 3.63) is 41.6 Å². The number of para-hydroxylation sites is 1. The van der Waals surface area contributed by atoms with Crippen molar-refractivity contribution in [1.29, 1.82) is 0 Å². The first kappa shape index (κ1) is 12.5. The summed E-state index contributed by atoms with van der Waals surface area (Å²) in [6.07, 6.45) is 0.455. The normalized spacial score (nSPS) is 12.4. The topological polar surface area (TPSA) is 65.2 Å². The number of aryl methyl sites for hydroxylation is 1. The van der Waals surface area contributed by atoms with E-state index in [2.05, 4.69) is 9.72 Å². The second-order valence-electron chi connectivity index (χ2n) is 4.27. The Labute approximate surface area is 106 Å². The van der Waals surface area contributed by atoms with Crippen molar-refractivity contribution in [2.24, 2.45) is 5.73 Å². The maximum Gasteiger partial charge on any atom is 0.322 e. The number of carbonyl (C=O) groups is 1. The van der Waals surface area contributed by atoms with Gasteiger partial charge in [-0.1, -0.05) is 18.2 Å². The number of carbonyl (C=O) groups excluding carboxylic acids is 1. The van der Waals surface area contributed by atoms with E-state index in [-0.39, 0.29) is 0 Å². The molecule has 0 aliphatic rings. The Hall–Kier alpha value is -1.94. The number of methoxy groups -OCH3 is 1. The molecule has 1 aromatic carbocycles. The van der Waals surface area contributed by atoms with Crippen LogP contribution in [0.4, 0.5) is 0 Å². The Morgan fingerprint density at radius 1 is 1.44 bits per heavy atom. The average Bonchev–Trinajstić information content (AvgIpc) is 2.37. The second-order valence-corrected chi connectivity index (χ2v) is 4.27. The fourth-order valence-electron chi connectivity index (χ4n) is 2.04. The predicted octanol–water partition coefficient (Wildman–Crippen LogP) is 1.59. The minimum atomic E-state index is -0.639. The lowest BCUT2D eigenvalue weighted by molar-refractivity contribution is -0.142. The monoisotopic (exact) mass is 244 g/mol. The number of hydrogen-bond donors (Lipinski definition) is 1. The molecule has 18 heavy (non-hydrogen) atoms. The highest BCUT2D eigenvalue weighted by molar-refractivity contribution is 5.83. The largest absolute Gasteiger partial charge is 0.468 e. The van der Waals surface area contributed by atoms with Gasteiger partial charge < -0.3 is 10.5 Å². The Kier molecular flexibility index (Phi) is 3.58. The molecule has 0 aliphatic carbocycles. The standard InChI is InChI=1S/C14H16N2O2/c1-9-7-10(8-12(15)14(17)18-2)11-5-3-4-6-13(11)16-9/h3-7,12H,8,15H2,1-2H3/t12-/m0/s1. The molecule has 2 aromatic rings. The van der Waals surface area contributed by atoms with Crippen LogP contribution in [-0.4, -0.2) is 24.1 Å². The van der Waals surface area contributed by atoms with E-state index in [0.717, 1.165) is 22.2 Å². The van der Waals surface area contributed by atoms with Crippen molar-refractivity contribution in [3.63, 3.8) is 0 Å². The summed E-state index contributed by atoms with van der Waals surface area (Å²) in [5, 5.41) is 1.03. The number of rotatable bonds is 3. The van der Waals surface area contributed by atoms with Gasteiger partial charge in [0.2, 0.25) is 0 Å². The molecular formula is C14H16N2O2. The molecule has 0 saturated heterocycles. The summed E-state index contributed by atoms with van der Waals surface area (Å²) in [7, 11) is 1.35. The minimum Gasteiger partial charge on any atom is -0.468 e. The summed E-state index contributed by atoms with van der Waals surface area (Å²) in [5.74, 6) is -0.395. The summed E-state index contributed by atoms with van der Waals surface area (Å²) in [4.78, 5) is 15.8. The van der Waals surface area contributed by atoms with Crippen LogP contribution in [0.5, 0.6) is 0 Å². The molecule has 2 rings (SSSR count). The molecule has 0 radical (unpaired) electrons. The maximum atomic E-state index is 11.4. The number of aromatic nitrogens is 1. The third-order valence-electron chi connectivity index (χ3n) is 2.87. The first-order valence-corrected chi connectivity index (χ1v) is 5.80. The molecule has 94 valence electrons. The molecule has 4 heteroatoms. The number of benzene rings is 1. The van der Waals surface area contributed by atoms with Gasteiger partial charge in [0, 0.05) is 11.1 Å². The van der Waals surface area contributed by atoms with E-state index >= 15 is 0 Å². The van der Waals surface area contributed by atoms with Gasteiger partial charge in [0.05, 0.1) is 12.6 Å². The van der Waals surface area contributed by atoms with Gasteiger partial charge in [0.1, 0.15) is 6.04 Å². The number of pyridine rings is 1. The van der Waals surface area contributed by atoms with Crippen LogP contribution in [0, 0.1) is 6.92 Å².